The third-order valence-corrected chi connectivity index (χ3v) is 8.38. The Morgan fingerprint density at radius 3 is 1.92 bits per heavy atom. The van der Waals surface area contributed by atoms with E-state index in [1.807, 2.05) is 68.3 Å². The van der Waals surface area contributed by atoms with E-state index in [9.17, 15) is 18.6 Å². The van der Waals surface area contributed by atoms with Gasteiger partial charge >= 0.3 is 0 Å². The van der Waals surface area contributed by atoms with Gasteiger partial charge in [0.25, 0.3) is 0 Å². The van der Waals surface area contributed by atoms with Crippen LogP contribution >= 0.6 is 0 Å². The van der Waals surface area contributed by atoms with Crippen LogP contribution in [0.2, 0.25) is 0 Å². The van der Waals surface area contributed by atoms with Crippen LogP contribution in [0.1, 0.15) is 5.56 Å². The molecule has 0 spiro atoms. The summed E-state index contributed by atoms with van der Waals surface area (Å²) in [6.07, 6.45) is 1.51. The van der Waals surface area contributed by atoms with Gasteiger partial charge in [-0.15, -0.1) is 0 Å². The van der Waals surface area contributed by atoms with E-state index in [1.165, 1.54) is 16.6 Å². The van der Waals surface area contributed by atoms with Gasteiger partial charge in [0.1, 0.15) is 17.2 Å². The van der Waals surface area contributed by atoms with Gasteiger partial charge in [0, 0.05) is 71.9 Å². The van der Waals surface area contributed by atoms with Crippen LogP contribution in [0.25, 0.3) is 21.5 Å². The molecule has 1 radical (unpaired) electrons. The molecule has 0 amide bonds. The number of nitrogens with zero attached hydrogens (tertiary/aromatic N) is 4. The molecule has 0 saturated heterocycles. The molecule has 0 heterocycles. The maximum absolute atomic E-state index is 13.9. The normalized spacial score (nSPS) is 12.3. The van der Waals surface area contributed by atoms with Gasteiger partial charge in [-0.3, -0.25) is 4.99 Å². The number of hydrogen-bond acceptors (Lipinski definition) is 7. The van der Waals surface area contributed by atoms with Gasteiger partial charge in [0.2, 0.25) is 10.0 Å². The summed E-state index contributed by atoms with van der Waals surface area (Å²) in [4.78, 5) is 8.46. The zero-order valence-electron chi connectivity index (χ0n) is 22.5. The van der Waals surface area contributed by atoms with Crippen LogP contribution < -0.4 is 0 Å². The molecule has 0 aliphatic carbocycles. The van der Waals surface area contributed by atoms with E-state index in [0.29, 0.717) is 42.5 Å². The molecule has 10 heteroatoms. The Morgan fingerprint density at radius 2 is 1.31 bits per heavy atom. The summed E-state index contributed by atoms with van der Waals surface area (Å²) in [6, 6.07) is 19.4. The topological polar surface area (TPSA) is 96.7 Å². The number of aromatic hydroxyl groups is 2. The van der Waals surface area contributed by atoms with Crippen LogP contribution in [0.3, 0.4) is 0 Å². The molecule has 0 atom stereocenters. The van der Waals surface area contributed by atoms with Gasteiger partial charge in [-0.1, -0.05) is 54.6 Å². The van der Waals surface area contributed by atoms with Gasteiger partial charge in [-0.2, -0.15) is 4.31 Å². The number of phenolic OH excluding ortho intramolecular Hbond substituents is 2. The van der Waals surface area contributed by atoms with E-state index in [4.69, 9.17) is 0 Å². The van der Waals surface area contributed by atoms with Crippen LogP contribution in [0.15, 0.2) is 76.6 Å². The number of likely N-dealkylation sites (N-methyl/N-ethyl adjacent to an activating group) is 2. The second kappa shape index (κ2) is 12.9. The van der Waals surface area contributed by atoms with Gasteiger partial charge < -0.3 is 20.0 Å². The predicted molar refractivity (Wildman–Crippen MR) is 154 cm³/mol. The van der Waals surface area contributed by atoms with Crippen LogP contribution in [0.4, 0.5) is 5.69 Å². The summed E-state index contributed by atoms with van der Waals surface area (Å²) in [5.41, 5.74) is 0.752. The second-order valence-corrected chi connectivity index (χ2v) is 11.7. The smallest absolute Gasteiger partial charge is 0.243 e. The third kappa shape index (κ3) is 6.78. The molecule has 211 valence electrons. The van der Waals surface area contributed by atoms with Crippen LogP contribution in [-0.2, 0) is 27.1 Å². The molecule has 2 N–H and O–H groups in total. The number of benzene rings is 4. The van der Waals surface area contributed by atoms with Crippen LogP contribution in [-0.4, -0.2) is 93.3 Å². The van der Waals surface area contributed by atoms with Gasteiger partial charge in [0.05, 0.1) is 4.90 Å². The Balaban J connectivity index is 0.00000420. The van der Waals surface area contributed by atoms with Crippen LogP contribution in [0, 0.1) is 0 Å². The van der Waals surface area contributed by atoms with Crippen molar-refractivity contribution in [1.82, 2.24) is 14.1 Å². The minimum absolute atomic E-state index is 0. The van der Waals surface area contributed by atoms with Crippen molar-refractivity contribution in [2.45, 2.75) is 4.90 Å². The minimum Gasteiger partial charge on any atom is -0.507 e. The fraction of sp³-hybridized carbons (Fsp3) is 0.276. The molecule has 4 aromatic rings. The SMILES string of the molecule is CN(C)CCN(CCN(C)C)S(=O)(=O)c1cc(O)c(N=Cc2c(O)ccc3ccccc23)c2ccccc12.[Cu]. The first-order valence-electron chi connectivity index (χ1n) is 12.4. The number of hydrogen-bond donors (Lipinski definition) is 2. The molecule has 0 aromatic heterocycles. The molecule has 0 saturated carbocycles. The molecule has 0 unspecified atom stereocenters. The number of rotatable bonds is 10. The summed E-state index contributed by atoms with van der Waals surface area (Å²) in [6.45, 7) is 1.76. The quantitative estimate of drug-likeness (QED) is 0.209. The van der Waals surface area contributed by atoms with Crippen molar-refractivity contribution in [3.8, 4) is 11.5 Å². The molecule has 0 bridgehead atoms. The summed E-state index contributed by atoms with van der Waals surface area (Å²) in [7, 11) is 3.67. The molecule has 8 nitrogen and oxygen atoms in total. The summed E-state index contributed by atoms with van der Waals surface area (Å²) in [5, 5.41) is 24.3. The van der Waals surface area contributed by atoms with Gasteiger partial charge in [-0.05, 0) is 45.0 Å². The predicted octanol–water partition coefficient (Wildman–Crippen LogP) is 4.27. The number of phenols is 2. The Morgan fingerprint density at radius 1 is 0.744 bits per heavy atom. The molecule has 39 heavy (non-hydrogen) atoms. The fourth-order valence-corrected chi connectivity index (χ4v) is 5.96. The van der Waals surface area contributed by atoms with E-state index >= 15 is 0 Å². The second-order valence-electron chi connectivity index (χ2n) is 9.78. The van der Waals surface area contributed by atoms with Gasteiger partial charge in [-0.25, -0.2) is 8.42 Å². The number of fused-ring (bicyclic) bond motifs is 2. The molecule has 0 aliphatic heterocycles. The first-order valence-corrected chi connectivity index (χ1v) is 13.8. The number of sulfonamides is 1. The molecule has 0 fully saturated rings. The average Bonchev–Trinajstić information content (AvgIpc) is 2.88. The van der Waals surface area contributed by atoms with Crippen molar-refractivity contribution in [2.75, 3.05) is 54.4 Å². The summed E-state index contributed by atoms with van der Waals surface area (Å²) >= 11 is 0. The van der Waals surface area contributed by atoms with Crippen molar-refractivity contribution in [2.24, 2.45) is 4.99 Å². The Bertz CT molecular complexity index is 1580. The van der Waals surface area contributed by atoms with Crippen molar-refractivity contribution < 1.29 is 35.7 Å². The molecule has 0 aliphatic rings. The zero-order chi connectivity index (χ0) is 27.4. The Labute approximate surface area is 240 Å². The van der Waals surface area contributed by atoms with Crippen molar-refractivity contribution >= 4 is 43.5 Å². The molecular formula is C29H34CuN4O4S. The summed E-state index contributed by atoms with van der Waals surface area (Å²) in [5.74, 6) is -0.189. The molecule has 4 aromatic carbocycles. The maximum atomic E-state index is 13.9. The third-order valence-electron chi connectivity index (χ3n) is 6.44. The van der Waals surface area contributed by atoms with E-state index in [2.05, 4.69) is 4.99 Å². The van der Waals surface area contributed by atoms with Crippen molar-refractivity contribution in [3.63, 3.8) is 0 Å². The minimum atomic E-state index is -3.93. The van der Waals surface area contributed by atoms with Crippen LogP contribution in [0.5, 0.6) is 11.5 Å². The van der Waals surface area contributed by atoms with Gasteiger partial charge in [0.15, 0.2) is 0 Å². The Hall–Kier alpha value is -2.98. The van der Waals surface area contributed by atoms with Crippen molar-refractivity contribution in [3.05, 3.63) is 72.3 Å². The van der Waals surface area contributed by atoms with E-state index < -0.39 is 10.0 Å². The van der Waals surface area contributed by atoms with E-state index in [0.717, 1.165) is 10.8 Å². The summed E-state index contributed by atoms with van der Waals surface area (Å²) < 4.78 is 29.3. The molecule has 4 rings (SSSR count). The first kappa shape index (κ1) is 30.6. The standard InChI is InChI=1S/C29H34N4O4S.Cu/c1-31(2)15-17-33(18-16-32(3)4)38(36,37)28-19-27(35)29(24-12-8-7-11-23(24)28)30-20-25-22-10-6-5-9-21(22)13-14-26(25)34;/h5-14,19-20,34-35H,15-18H2,1-4H3;. The maximum Gasteiger partial charge on any atom is 0.243 e. The zero-order valence-corrected chi connectivity index (χ0v) is 24.2. The average molecular weight is 598 g/mol. The fourth-order valence-electron chi connectivity index (χ4n) is 4.33. The monoisotopic (exact) mass is 597 g/mol. The molecular weight excluding hydrogens is 564 g/mol. The largest absolute Gasteiger partial charge is 0.507 e. The van der Waals surface area contributed by atoms with E-state index in [1.54, 1.807) is 30.3 Å². The first-order chi connectivity index (χ1) is 18.1. The van der Waals surface area contributed by atoms with E-state index in [-0.39, 0.29) is 39.2 Å². The number of aliphatic imine (C=N–C) groups is 1. The van der Waals surface area contributed by atoms with Crippen molar-refractivity contribution in [1.29, 1.82) is 0 Å². The Kier molecular flexibility index (Phi) is 10.1.